The van der Waals surface area contributed by atoms with Crippen molar-refractivity contribution in [2.45, 2.75) is 32.4 Å². The van der Waals surface area contributed by atoms with E-state index in [9.17, 15) is 4.79 Å². The minimum Gasteiger partial charge on any atom is -0.398 e. The van der Waals surface area contributed by atoms with Crippen molar-refractivity contribution < 1.29 is 9.53 Å². The summed E-state index contributed by atoms with van der Waals surface area (Å²) in [5.74, 6) is 0.445. The van der Waals surface area contributed by atoms with E-state index >= 15 is 0 Å². The third-order valence-electron chi connectivity index (χ3n) is 4.25. The summed E-state index contributed by atoms with van der Waals surface area (Å²) in [5, 5.41) is 0. The monoisotopic (exact) mass is 260 g/mol. The van der Waals surface area contributed by atoms with E-state index in [4.69, 9.17) is 10.5 Å². The van der Waals surface area contributed by atoms with Gasteiger partial charge in [-0.25, -0.2) is 0 Å². The molecule has 3 rings (SSSR count). The van der Waals surface area contributed by atoms with Crippen LogP contribution in [0.4, 0.5) is 5.69 Å². The Labute approximate surface area is 113 Å². The Balaban J connectivity index is 1.78. The molecule has 19 heavy (non-hydrogen) atoms. The van der Waals surface area contributed by atoms with Crippen LogP contribution >= 0.6 is 0 Å². The van der Waals surface area contributed by atoms with Crippen LogP contribution in [0.25, 0.3) is 0 Å². The van der Waals surface area contributed by atoms with Crippen molar-refractivity contribution in [1.29, 1.82) is 0 Å². The van der Waals surface area contributed by atoms with Gasteiger partial charge in [-0.3, -0.25) is 4.79 Å². The van der Waals surface area contributed by atoms with Crippen molar-refractivity contribution >= 4 is 11.6 Å². The Morgan fingerprint density at radius 2 is 2.32 bits per heavy atom. The summed E-state index contributed by atoms with van der Waals surface area (Å²) in [5.41, 5.74) is 9.18. The van der Waals surface area contributed by atoms with Gasteiger partial charge in [0.2, 0.25) is 0 Å². The summed E-state index contributed by atoms with van der Waals surface area (Å²) < 4.78 is 5.58. The van der Waals surface area contributed by atoms with Gasteiger partial charge >= 0.3 is 0 Å². The molecule has 0 spiro atoms. The number of hydrogen-bond donors (Lipinski definition) is 1. The van der Waals surface area contributed by atoms with Gasteiger partial charge in [-0.15, -0.1) is 0 Å². The van der Waals surface area contributed by atoms with E-state index in [1.807, 2.05) is 17.0 Å². The number of amides is 1. The molecule has 2 heterocycles. The fraction of sp³-hybridized carbons (Fsp3) is 0.533. The third-order valence-corrected chi connectivity index (χ3v) is 4.25. The van der Waals surface area contributed by atoms with Crippen molar-refractivity contribution in [1.82, 2.24) is 4.90 Å². The van der Waals surface area contributed by atoms with Gasteiger partial charge < -0.3 is 15.4 Å². The highest BCUT2D eigenvalue weighted by molar-refractivity contribution is 5.82. The number of nitrogens with two attached hydrogens (primary N) is 1. The Morgan fingerprint density at radius 1 is 1.47 bits per heavy atom. The molecule has 2 N–H and O–H groups in total. The first kappa shape index (κ1) is 12.5. The highest BCUT2D eigenvalue weighted by Crippen LogP contribution is 2.27. The van der Waals surface area contributed by atoms with Crippen molar-refractivity contribution in [2.75, 3.05) is 18.9 Å². The molecule has 2 unspecified atom stereocenters. The summed E-state index contributed by atoms with van der Waals surface area (Å²) in [6.07, 6.45) is 1.60. The van der Waals surface area contributed by atoms with Gasteiger partial charge in [0, 0.05) is 25.4 Å². The Bertz CT molecular complexity index is 501. The molecule has 2 aliphatic heterocycles. The third kappa shape index (κ3) is 2.21. The fourth-order valence-corrected chi connectivity index (χ4v) is 2.99. The predicted molar refractivity (Wildman–Crippen MR) is 73.5 cm³/mol. The maximum Gasteiger partial charge on any atom is 0.252 e. The Hall–Kier alpha value is -1.55. The van der Waals surface area contributed by atoms with Crippen LogP contribution in [0.2, 0.25) is 0 Å². The van der Waals surface area contributed by atoms with Crippen molar-refractivity contribution in [3.05, 3.63) is 29.3 Å². The minimum atomic E-state index is -0.258. The zero-order valence-corrected chi connectivity index (χ0v) is 11.3. The average Bonchev–Trinajstić information content (AvgIpc) is 2.84. The molecule has 4 heteroatoms. The zero-order chi connectivity index (χ0) is 13.4. The molecule has 0 aliphatic carbocycles. The van der Waals surface area contributed by atoms with E-state index in [0.29, 0.717) is 19.1 Å². The standard InChI is InChI=1S/C15H20N2O2/c1-10-6-8-19-14(10)15(18)17-7-5-11-3-2-4-13(16)12(11)9-17/h2-4,10,14H,5-9,16H2,1H3. The van der Waals surface area contributed by atoms with Crippen LogP contribution in [-0.2, 0) is 22.5 Å². The second-order valence-corrected chi connectivity index (χ2v) is 5.55. The van der Waals surface area contributed by atoms with Crippen LogP contribution in [0, 0.1) is 5.92 Å². The van der Waals surface area contributed by atoms with Gasteiger partial charge in [-0.05, 0) is 36.0 Å². The van der Waals surface area contributed by atoms with Gasteiger partial charge in [0.1, 0.15) is 6.10 Å². The van der Waals surface area contributed by atoms with E-state index in [1.54, 1.807) is 0 Å². The van der Waals surface area contributed by atoms with Crippen LogP contribution in [0.3, 0.4) is 0 Å². The molecule has 1 aromatic carbocycles. The number of carbonyl (C=O) groups is 1. The number of nitrogen functional groups attached to an aromatic ring is 1. The SMILES string of the molecule is CC1CCOC1C(=O)N1CCc2cccc(N)c2C1. The first-order valence-electron chi connectivity index (χ1n) is 6.93. The topological polar surface area (TPSA) is 55.6 Å². The van der Waals surface area contributed by atoms with E-state index in [2.05, 4.69) is 13.0 Å². The van der Waals surface area contributed by atoms with E-state index in [-0.39, 0.29) is 12.0 Å². The van der Waals surface area contributed by atoms with Crippen LogP contribution in [0.1, 0.15) is 24.5 Å². The fourth-order valence-electron chi connectivity index (χ4n) is 2.99. The maximum atomic E-state index is 12.5. The number of carbonyl (C=O) groups excluding carboxylic acids is 1. The van der Waals surface area contributed by atoms with Gasteiger partial charge in [-0.2, -0.15) is 0 Å². The molecule has 4 nitrogen and oxygen atoms in total. The first-order valence-corrected chi connectivity index (χ1v) is 6.93. The Morgan fingerprint density at radius 3 is 3.05 bits per heavy atom. The lowest BCUT2D eigenvalue weighted by Crippen LogP contribution is -2.43. The maximum absolute atomic E-state index is 12.5. The zero-order valence-electron chi connectivity index (χ0n) is 11.3. The highest BCUT2D eigenvalue weighted by Gasteiger charge is 2.35. The smallest absolute Gasteiger partial charge is 0.252 e. The van der Waals surface area contributed by atoms with Gasteiger partial charge in [0.05, 0.1) is 0 Å². The van der Waals surface area contributed by atoms with E-state index in [0.717, 1.165) is 30.6 Å². The summed E-state index contributed by atoms with van der Waals surface area (Å²) >= 11 is 0. The molecule has 2 aliphatic rings. The summed E-state index contributed by atoms with van der Waals surface area (Å²) in [7, 11) is 0. The normalized spacial score (nSPS) is 26.3. The molecule has 2 atom stereocenters. The molecule has 0 aromatic heterocycles. The molecule has 1 fully saturated rings. The molecule has 102 valence electrons. The second-order valence-electron chi connectivity index (χ2n) is 5.55. The van der Waals surface area contributed by atoms with Crippen molar-refractivity contribution in [3.63, 3.8) is 0 Å². The lowest BCUT2D eigenvalue weighted by atomic mass is 9.96. The largest absolute Gasteiger partial charge is 0.398 e. The summed E-state index contributed by atoms with van der Waals surface area (Å²) in [6, 6.07) is 5.98. The van der Waals surface area contributed by atoms with Crippen LogP contribution in [-0.4, -0.2) is 30.1 Å². The summed E-state index contributed by atoms with van der Waals surface area (Å²) in [4.78, 5) is 14.4. The number of hydrogen-bond acceptors (Lipinski definition) is 3. The molecule has 0 saturated carbocycles. The molecule has 1 aromatic rings. The quantitative estimate of drug-likeness (QED) is 0.780. The average molecular weight is 260 g/mol. The number of ether oxygens (including phenoxy) is 1. The van der Waals surface area contributed by atoms with Crippen molar-refractivity contribution in [2.24, 2.45) is 5.92 Å². The molecule has 0 bridgehead atoms. The molecule has 1 amide bonds. The van der Waals surface area contributed by atoms with Crippen LogP contribution in [0.15, 0.2) is 18.2 Å². The van der Waals surface area contributed by atoms with Crippen LogP contribution in [0.5, 0.6) is 0 Å². The van der Waals surface area contributed by atoms with Gasteiger partial charge in [0.25, 0.3) is 5.91 Å². The lowest BCUT2D eigenvalue weighted by Gasteiger charge is -2.32. The first-order chi connectivity index (χ1) is 9.16. The highest BCUT2D eigenvalue weighted by atomic mass is 16.5. The number of anilines is 1. The van der Waals surface area contributed by atoms with E-state index < -0.39 is 0 Å². The second kappa shape index (κ2) is 4.85. The van der Waals surface area contributed by atoms with Gasteiger partial charge in [0.15, 0.2) is 0 Å². The number of nitrogens with zero attached hydrogens (tertiary/aromatic N) is 1. The molecule has 1 saturated heterocycles. The number of rotatable bonds is 1. The minimum absolute atomic E-state index is 0.124. The van der Waals surface area contributed by atoms with Crippen LogP contribution < -0.4 is 5.73 Å². The van der Waals surface area contributed by atoms with Crippen molar-refractivity contribution in [3.8, 4) is 0 Å². The lowest BCUT2D eigenvalue weighted by molar-refractivity contribution is -0.143. The number of benzene rings is 1. The van der Waals surface area contributed by atoms with Gasteiger partial charge in [-0.1, -0.05) is 19.1 Å². The molecular formula is C15H20N2O2. The van der Waals surface area contributed by atoms with E-state index in [1.165, 1.54) is 5.56 Å². The Kier molecular flexibility index (Phi) is 3.19. The number of fused-ring (bicyclic) bond motifs is 1. The molecule has 0 radical (unpaired) electrons. The molecular weight excluding hydrogens is 240 g/mol. The summed E-state index contributed by atoms with van der Waals surface area (Å²) in [6.45, 7) is 4.17. The predicted octanol–water partition coefficient (Wildman–Crippen LogP) is 1.58.